The zero-order valence-electron chi connectivity index (χ0n) is 31.8. The molecule has 0 bridgehead atoms. The molecule has 9 atom stereocenters. The molecule has 29 heteroatoms. The fraction of sp³-hybridized carbons (Fsp3) is 0.469. The van der Waals surface area contributed by atoms with Crippen LogP contribution in [-0.4, -0.2) is 122 Å². The van der Waals surface area contributed by atoms with E-state index in [1.54, 1.807) is 44.2 Å². The molecule has 4 aromatic heterocycles. The van der Waals surface area contributed by atoms with Gasteiger partial charge in [0.15, 0.2) is 46.8 Å². The second kappa shape index (κ2) is 18.9. The molecule has 2 saturated heterocycles. The summed E-state index contributed by atoms with van der Waals surface area (Å²) in [5.41, 5.74) is -0.841. The summed E-state index contributed by atoms with van der Waals surface area (Å²) in [5.74, 6) is -1.64. The Hall–Kier alpha value is -5.10. The van der Waals surface area contributed by atoms with Crippen molar-refractivity contribution in [3.05, 3.63) is 52.6 Å². The second-order valence-electron chi connectivity index (χ2n) is 13.6. The van der Waals surface area contributed by atoms with Crippen molar-refractivity contribution in [1.29, 1.82) is 5.26 Å². The maximum atomic E-state index is 16.5. The molecule has 0 spiro atoms. The van der Waals surface area contributed by atoms with Crippen molar-refractivity contribution in [2.24, 2.45) is 5.92 Å². The van der Waals surface area contributed by atoms with Crippen LogP contribution >= 0.6 is 15.0 Å². The lowest BCUT2D eigenvalue weighted by Gasteiger charge is -2.28. The Labute approximate surface area is 348 Å². The van der Waals surface area contributed by atoms with Crippen molar-refractivity contribution >= 4 is 72.7 Å². The number of anilines is 2. The number of hydrogen-bond acceptors (Lipinski definition) is 20. The van der Waals surface area contributed by atoms with E-state index in [2.05, 4.69) is 51.2 Å². The third-order valence-corrected chi connectivity index (χ3v) is 11.9. The summed E-state index contributed by atoms with van der Waals surface area (Å²) in [7, 11) is -3.59. The highest BCUT2D eigenvalue weighted by atomic mass is 32.5. The maximum Gasteiger partial charge on any atom is 0.327 e. The standard InChI is InChI=1S/C32H36FN13O12P2S/c1-15(2)27(48)39-32-38-26-22(29(50)40-32)42-44-46(26)30-18(57-59(51)52)11-17(55-30)13-54-60(61,53-10-6-9-34)58-23-19(12-47)56-31(20(23)33)45-25-21(41-43-45)24(35-14-36-25)37-28(49)16-7-4-3-5-8-16/h3-5,7-8,14-15,17-20,23,30-31,47,59H,6,10-13H2,1-2H3,(H,51,52)(H,35,36,37,49)(H2,38,39,40,48,50)/t17-,18-,19+,20-,23+,30+,31+,60?/m0/s1. The number of carbonyl (C=O) groups is 2. The minimum Gasteiger partial charge on any atom is -0.394 e. The van der Waals surface area contributed by atoms with Gasteiger partial charge in [-0.2, -0.15) is 19.6 Å². The number of rotatable bonds is 17. The highest BCUT2D eigenvalue weighted by Crippen LogP contribution is 2.55. The van der Waals surface area contributed by atoms with E-state index in [1.807, 2.05) is 6.07 Å². The minimum absolute atomic E-state index is 0.00389. The Morgan fingerprint density at radius 2 is 1.85 bits per heavy atom. The SMILES string of the molecule is CC(C)C(=O)Nc1nc2c(nnn2[C@@H]2O[C@H](COP(=S)(OCCC#N)O[C@H]3[C@H](F)[C@H](n4nnc5c(NC(=O)c6ccccc6)ncnc54)O[C@@H]3CO)C[C@@H]2O[PH](=O)O)c(=O)[nH]1. The molecule has 2 aliphatic rings. The molecule has 2 amide bonds. The Morgan fingerprint density at radius 3 is 2.56 bits per heavy atom. The van der Waals surface area contributed by atoms with Gasteiger partial charge in [-0.3, -0.25) is 33.8 Å². The molecule has 5 N–H and O–H groups in total. The number of hydrogen-bond donors (Lipinski definition) is 5. The van der Waals surface area contributed by atoms with E-state index < -0.39 is 94.5 Å². The molecular weight excluding hydrogens is 871 g/mol. The number of halogens is 1. The first-order valence-corrected chi connectivity index (χ1v) is 22.1. The van der Waals surface area contributed by atoms with Gasteiger partial charge in [0.25, 0.3) is 11.5 Å². The molecule has 0 radical (unpaired) electrons. The zero-order chi connectivity index (χ0) is 43.4. The molecule has 25 nitrogen and oxygen atoms in total. The molecule has 2 fully saturated rings. The van der Waals surface area contributed by atoms with Gasteiger partial charge >= 0.3 is 15.0 Å². The normalized spacial score (nSPS) is 24.2. The minimum atomic E-state index is -4.07. The summed E-state index contributed by atoms with van der Waals surface area (Å²) in [6.45, 7) is -2.34. The van der Waals surface area contributed by atoms with Gasteiger partial charge in [0.1, 0.15) is 24.6 Å². The quantitative estimate of drug-likeness (QED) is 0.0651. The highest BCUT2D eigenvalue weighted by molar-refractivity contribution is 8.07. The van der Waals surface area contributed by atoms with E-state index in [1.165, 1.54) is 0 Å². The van der Waals surface area contributed by atoms with Gasteiger partial charge in [-0.15, -0.1) is 10.2 Å². The molecule has 5 aromatic rings. The molecule has 7 rings (SSSR count). The van der Waals surface area contributed by atoms with Gasteiger partial charge in [-0.1, -0.05) is 42.5 Å². The maximum absolute atomic E-state index is 16.5. The van der Waals surface area contributed by atoms with Crippen molar-refractivity contribution in [2.45, 2.75) is 69.7 Å². The average Bonchev–Trinajstić information content (AvgIpc) is 4.02. The molecule has 0 saturated carbocycles. The van der Waals surface area contributed by atoms with E-state index in [0.29, 0.717) is 5.56 Å². The summed E-state index contributed by atoms with van der Waals surface area (Å²) in [5, 5.41) is 40.4. The Bertz CT molecular complexity index is 2580. The lowest BCUT2D eigenvalue weighted by Crippen LogP contribution is -2.34. The summed E-state index contributed by atoms with van der Waals surface area (Å²) >= 11 is 5.66. The van der Waals surface area contributed by atoms with Crippen LogP contribution in [0.1, 0.15) is 49.5 Å². The largest absolute Gasteiger partial charge is 0.394 e. The molecule has 6 heterocycles. The number of fused-ring (bicyclic) bond motifs is 2. The highest BCUT2D eigenvalue weighted by Gasteiger charge is 2.51. The predicted octanol–water partition coefficient (Wildman–Crippen LogP) is 1.44. The van der Waals surface area contributed by atoms with E-state index in [9.17, 15) is 34.2 Å². The van der Waals surface area contributed by atoms with E-state index >= 15 is 4.39 Å². The Balaban J connectivity index is 1.09. The van der Waals surface area contributed by atoms with Crippen LogP contribution in [0.15, 0.2) is 41.5 Å². The van der Waals surface area contributed by atoms with Crippen molar-refractivity contribution in [3.63, 3.8) is 0 Å². The van der Waals surface area contributed by atoms with Gasteiger partial charge in [-0.25, -0.2) is 14.4 Å². The number of benzene rings is 1. The Kier molecular flexibility index (Phi) is 13.6. The number of aliphatic hydroxyl groups is 1. The third-order valence-electron chi connectivity index (χ3n) is 9.09. The number of nitrogens with one attached hydrogen (secondary N) is 3. The number of amides is 2. The van der Waals surface area contributed by atoms with Crippen molar-refractivity contribution in [1.82, 2.24) is 49.9 Å². The number of ether oxygens (including phenoxy) is 2. The van der Waals surface area contributed by atoms with Crippen LogP contribution in [0.3, 0.4) is 0 Å². The lowest BCUT2D eigenvalue weighted by molar-refractivity contribution is -0.118. The first-order chi connectivity index (χ1) is 29.3. The monoisotopic (exact) mass is 907 g/mol. The van der Waals surface area contributed by atoms with Crippen molar-refractivity contribution < 1.29 is 56.1 Å². The van der Waals surface area contributed by atoms with Crippen LogP contribution in [0.2, 0.25) is 0 Å². The number of aromatic nitrogens is 10. The van der Waals surface area contributed by atoms with Crippen LogP contribution < -0.4 is 16.2 Å². The number of aliphatic hydroxyl groups excluding tert-OH is 1. The molecule has 2 unspecified atom stereocenters. The number of aromatic amines is 1. The molecule has 2 aliphatic heterocycles. The fourth-order valence-corrected chi connectivity index (χ4v) is 8.78. The topological polar surface area (TPSA) is 328 Å². The predicted molar refractivity (Wildman–Crippen MR) is 209 cm³/mol. The first-order valence-electron chi connectivity index (χ1n) is 18.3. The van der Waals surface area contributed by atoms with Crippen molar-refractivity contribution in [3.8, 4) is 6.07 Å². The lowest BCUT2D eigenvalue weighted by atomic mass is 10.1. The number of H-pyrrole nitrogens is 1. The summed E-state index contributed by atoms with van der Waals surface area (Å²) in [6, 6.07) is 10.2. The second-order valence-corrected chi connectivity index (χ2v) is 17.3. The van der Waals surface area contributed by atoms with E-state index in [4.69, 9.17) is 39.4 Å². The van der Waals surface area contributed by atoms with Gasteiger partial charge in [-0.05, 0) is 23.9 Å². The number of nitrogens with zero attached hydrogens (tertiary/aromatic N) is 10. The van der Waals surface area contributed by atoms with Crippen LogP contribution in [0, 0.1) is 17.2 Å². The van der Waals surface area contributed by atoms with Gasteiger partial charge in [0.2, 0.25) is 11.9 Å². The molecule has 0 aliphatic carbocycles. The van der Waals surface area contributed by atoms with E-state index in [-0.39, 0.29) is 53.5 Å². The van der Waals surface area contributed by atoms with Crippen LogP contribution in [0.4, 0.5) is 16.2 Å². The fourth-order valence-electron chi connectivity index (χ4n) is 6.19. The van der Waals surface area contributed by atoms with Crippen LogP contribution in [0.5, 0.6) is 0 Å². The summed E-state index contributed by atoms with van der Waals surface area (Å²) in [4.78, 5) is 62.5. The third kappa shape index (κ3) is 9.69. The molecule has 324 valence electrons. The number of nitriles is 1. The number of carbonyl (C=O) groups excluding carboxylic acids is 2. The number of alkyl halides is 1. The van der Waals surface area contributed by atoms with Crippen molar-refractivity contribution in [2.75, 3.05) is 30.5 Å². The van der Waals surface area contributed by atoms with Crippen LogP contribution in [-0.2, 0) is 48.7 Å². The molecule has 61 heavy (non-hydrogen) atoms. The summed E-state index contributed by atoms with van der Waals surface area (Å²) in [6.07, 6.45) is -9.47. The van der Waals surface area contributed by atoms with Gasteiger partial charge in [0, 0.05) is 17.9 Å². The molecule has 1 aromatic carbocycles. The first kappa shape index (κ1) is 44.0. The zero-order valence-corrected chi connectivity index (χ0v) is 34.5. The van der Waals surface area contributed by atoms with Crippen LogP contribution in [0.25, 0.3) is 22.3 Å². The molecular formula is C32H36FN13O12P2S. The van der Waals surface area contributed by atoms with Gasteiger partial charge < -0.3 is 38.4 Å². The van der Waals surface area contributed by atoms with Gasteiger partial charge in [0.05, 0.1) is 38.4 Å². The summed E-state index contributed by atoms with van der Waals surface area (Å²) < 4.78 is 65.3. The Morgan fingerprint density at radius 1 is 1.11 bits per heavy atom. The van der Waals surface area contributed by atoms with E-state index in [0.717, 1.165) is 15.7 Å². The average molecular weight is 908 g/mol. The smallest absolute Gasteiger partial charge is 0.327 e.